The Balaban J connectivity index is 0.00000243. The highest BCUT2D eigenvalue weighted by molar-refractivity contribution is 14.0. The summed E-state index contributed by atoms with van der Waals surface area (Å²) in [6.07, 6.45) is 2.37. The molecule has 0 saturated heterocycles. The van der Waals surface area contributed by atoms with Gasteiger partial charge in [0.1, 0.15) is 12.4 Å². The van der Waals surface area contributed by atoms with Gasteiger partial charge < -0.3 is 14.8 Å². The molecule has 0 aliphatic heterocycles. The van der Waals surface area contributed by atoms with Crippen LogP contribution in [0.5, 0.6) is 0 Å². The van der Waals surface area contributed by atoms with E-state index in [4.69, 9.17) is 28.2 Å². The number of hydrogen-bond donors (Lipinski definition) is 1. The first-order chi connectivity index (χ1) is 11.9. The van der Waals surface area contributed by atoms with E-state index in [0.717, 1.165) is 23.2 Å². The normalized spacial score (nSPS) is 14.1. The smallest absolute Gasteiger partial charge is 0.194 e. The summed E-state index contributed by atoms with van der Waals surface area (Å²) in [6.45, 7) is 3.10. The van der Waals surface area contributed by atoms with Crippen molar-refractivity contribution in [3.63, 3.8) is 0 Å². The van der Waals surface area contributed by atoms with Gasteiger partial charge in [-0.1, -0.05) is 29.3 Å². The van der Waals surface area contributed by atoms with E-state index in [-0.39, 0.29) is 24.0 Å². The van der Waals surface area contributed by atoms with E-state index >= 15 is 0 Å². The summed E-state index contributed by atoms with van der Waals surface area (Å²) in [5.41, 5.74) is 1.08. The van der Waals surface area contributed by atoms with E-state index in [1.165, 1.54) is 12.8 Å². The van der Waals surface area contributed by atoms with Gasteiger partial charge in [0.2, 0.25) is 0 Å². The van der Waals surface area contributed by atoms with Gasteiger partial charge in [0.25, 0.3) is 0 Å². The largest absolute Gasteiger partial charge is 0.353 e. The van der Waals surface area contributed by atoms with Crippen molar-refractivity contribution < 1.29 is 0 Å². The van der Waals surface area contributed by atoms with Crippen LogP contribution in [0.4, 0.5) is 0 Å². The molecule has 1 aromatic heterocycles. The van der Waals surface area contributed by atoms with Gasteiger partial charge in [0.15, 0.2) is 11.8 Å². The van der Waals surface area contributed by atoms with Gasteiger partial charge in [-0.2, -0.15) is 0 Å². The summed E-state index contributed by atoms with van der Waals surface area (Å²) in [5.74, 6) is 2.58. The Morgan fingerprint density at radius 2 is 2.04 bits per heavy atom. The molecule has 0 amide bonds. The minimum Gasteiger partial charge on any atom is -0.353 e. The van der Waals surface area contributed by atoms with Crippen LogP contribution in [0.1, 0.15) is 30.1 Å². The molecule has 0 atom stereocenters. The molecule has 26 heavy (non-hydrogen) atoms. The van der Waals surface area contributed by atoms with E-state index in [1.807, 2.05) is 43.8 Å². The molecule has 1 fully saturated rings. The highest BCUT2D eigenvalue weighted by Gasteiger charge is 2.24. The second-order valence-corrected chi connectivity index (χ2v) is 7.20. The van der Waals surface area contributed by atoms with Gasteiger partial charge in [-0.3, -0.25) is 0 Å². The maximum atomic E-state index is 6.12. The molecule has 1 aliphatic rings. The van der Waals surface area contributed by atoms with Crippen LogP contribution in [0.15, 0.2) is 23.2 Å². The Morgan fingerprint density at radius 3 is 2.62 bits per heavy atom. The molecule has 0 radical (unpaired) electrons. The van der Waals surface area contributed by atoms with Gasteiger partial charge in [0, 0.05) is 26.7 Å². The van der Waals surface area contributed by atoms with Gasteiger partial charge in [-0.25, -0.2) is 4.99 Å². The molecular weight excluding hydrogens is 486 g/mol. The molecule has 3 rings (SSSR count). The molecule has 6 nitrogen and oxygen atoms in total. The highest BCUT2D eigenvalue weighted by Crippen LogP contribution is 2.23. The lowest BCUT2D eigenvalue weighted by Gasteiger charge is -2.22. The number of aliphatic imine (C=N–C) groups is 1. The number of hydrogen-bond acceptors (Lipinski definition) is 3. The Kier molecular flexibility index (Phi) is 7.54. The summed E-state index contributed by atoms with van der Waals surface area (Å²) in [6, 6.07) is 6.20. The average molecular weight is 509 g/mol. The van der Waals surface area contributed by atoms with Crippen molar-refractivity contribution in [2.45, 2.75) is 38.9 Å². The molecule has 142 valence electrons. The molecule has 1 heterocycles. The first kappa shape index (κ1) is 21.2. The summed E-state index contributed by atoms with van der Waals surface area (Å²) >= 11 is 12.1. The van der Waals surface area contributed by atoms with Gasteiger partial charge >= 0.3 is 0 Å². The first-order valence-corrected chi connectivity index (χ1v) is 9.00. The van der Waals surface area contributed by atoms with Crippen molar-refractivity contribution in [3.8, 4) is 0 Å². The summed E-state index contributed by atoms with van der Waals surface area (Å²) in [7, 11) is 3.96. The number of benzene rings is 1. The molecule has 1 N–H and O–H groups in total. The number of rotatable bonds is 5. The summed E-state index contributed by atoms with van der Waals surface area (Å²) in [4.78, 5) is 6.82. The molecule has 0 unspecified atom stereocenters. The Hall–Kier alpha value is -1.06. The minimum atomic E-state index is 0. The van der Waals surface area contributed by atoms with Crippen molar-refractivity contribution in [3.05, 3.63) is 45.5 Å². The third-order valence-corrected chi connectivity index (χ3v) is 4.97. The molecule has 2 aromatic rings. The fraction of sp³-hybridized carbons (Fsp3) is 0.471. The third-order valence-electron chi connectivity index (χ3n) is 4.23. The fourth-order valence-corrected chi connectivity index (χ4v) is 2.73. The number of nitrogens with zero attached hydrogens (tertiary/aromatic N) is 5. The highest BCUT2D eigenvalue weighted by atomic mass is 127. The van der Waals surface area contributed by atoms with E-state index in [0.29, 0.717) is 29.2 Å². The zero-order valence-corrected chi connectivity index (χ0v) is 18.9. The van der Waals surface area contributed by atoms with Crippen LogP contribution in [0.2, 0.25) is 10.0 Å². The van der Waals surface area contributed by atoms with Crippen LogP contribution in [0.3, 0.4) is 0 Å². The molecule has 1 saturated carbocycles. The molecular formula is C17H23Cl2IN6. The van der Waals surface area contributed by atoms with Crippen LogP contribution >= 0.6 is 47.2 Å². The van der Waals surface area contributed by atoms with Crippen LogP contribution in [0, 0.1) is 6.92 Å². The summed E-state index contributed by atoms with van der Waals surface area (Å²) < 4.78 is 1.96. The number of nitrogens with one attached hydrogen (secondary N) is 1. The van der Waals surface area contributed by atoms with E-state index in [1.54, 1.807) is 0 Å². The predicted molar refractivity (Wildman–Crippen MR) is 116 cm³/mol. The monoisotopic (exact) mass is 508 g/mol. The zero-order chi connectivity index (χ0) is 18.0. The molecule has 9 heteroatoms. The molecule has 0 bridgehead atoms. The van der Waals surface area contributed by atoms with Gasteiger partial charge in [0.05, 0.1) is 10.0 Å². The standard InChI is InChI=1S/C17H22Cl2N6.HI/c1-11-22-23-16(25(11)3)9-20-17(21-13-5-6-13)24(2)10-12-4-7-14(18)15(19)8-12;/h4,7-8,13H,5-6,9-10H2,1-3H3,(H,20,21);1H. The number of guanidine groups is 1. The predicted octanol–water partition coefficient (Wildman–Crippen LogP) is 3.79. The van der Waals surface area contributed by atoms with Crippen molar-refractivity contribution >= 4 is 53.1 Å². The van der Waals surface area contributed by atoms with Crippen LogP contribution in [0.25, 0.3) is 0 Å². The molecule has 0 spiro atoms. The van der Waals surface area contributed by atoms with Crippen molar-refractivity contribution in [1.82, 2.24) is 25.0 Å². The van der Waals surface area contributed by atoms with E-state index < -0.39 is 0 Å². The average Bonchev–Trinajstić information content (AvgIpc) is 3.34. The van der Waals surface area contributed by atoms with Gasteiger partial charge in [-0.15, -0.1) is 34.2 Å². The number of aryl methyl sites for hydroxylation is 1. The van der Waals surface area contributed by atoms with Crippen molar-refractivity contribution in [2.75, 3.05) is 7.05 Å². The second-order valence-electron chi connectivity index (χ2n) is 6.39. The SMILES string of the molecule is Cc1nnc(CN=C(NC2CC2)N(C)Cc2ccc(Cl)c(Cl)c2)n1C.I. The van der Waals surface area contributed by atoms with Gasteiger partial charge in [-0.05, 0) is 37.5 Å². The van der Waals surface area contributed by atoms with Crippen molar-refractivity contribution in [2.24, 2.45) is 12.0 Å². The molecule has 1 aromatic carbocycles. The Morgan fingerprint density at radius 1 is 1.31 bits per heavy atom. The first-order valence-electron chi connectivity index (χ1n) is 8.25. The van der Waals surface area contributed by atoms with Crippen LogP contribution < -0.4 is 5.32 Å². The maximum absolute atomic E-state index is 6.12. The topological polar surface area (TPSA) is 58.3 Å². The maximum Gasteiger partial charge on any atom is 0.194 e. The lowest BCUT2D eigenvalue weighted by molar-refractivity contribution is 0.473. The third kappa shape index (κ3) is 5.47. The van der Waals surface area contributed by atoms with Crippen LogP contribution in [-0.4, -0.2) is 38.7 Å². The quantitative estimate of drug-likeness (QED) is 0.379. The van der Waals surface area contributed by atoms with Crippen LogP contribution in [-0.2, 0) is 20.1 Å². The van der Waals surface area contributed by atoms with E-state index in [2.05, 4.69) is 20.4 Å². The fourth-order valence-electron chi connectivity index (χ4n) is 2.41. The second kappa shape index (κ2) is 9.23. The Labute approximate surface area is 181 Å². The number of halogens is 3. The zero-order valence-electron chi connectivity index (χ0n) is 15.0. The number of aromatic nitrogens is 3. The lowest BCUT2D eigenvalue weighted by Crippen LogP contribution is -2.39. The molecule has 1 aliphatic carbocycles. The van der Waals surface area contributed by atoms with E-state index in [9.17, 15) is 0 Å². The Bertz CT molecular complexity index is 788. The van der Waals surface area contributed by atoms with Crippen molar-refractivity contribution in [1.29, 1.82) is 0 Å². The summed E-state index contributed by atoms with van der Waals surface area (Å²) in [5, 5.41) is 12.9. The minimum absolute atomic E-state index is 0. The lowest BCUT2D eigenvalue weighted by atomic mass is 10.2.